The first-order valence-electron chi connectivity index (χ1n) is 7.02. The largest absolute Gasteiger partial charge is 0.338 e. The molecule has 0 amide bonds. The fourth-order valence-corrected chi connectivity index (χ4v) is 2.27. The van der Waals surface area contributed by atoms with E-state index in [0.717, 1.165) is 18.3 Å². The summed E-state index contributed by atoms with van der Waals surface area (Å²) in [4.78, 5) is 22.4. The van der Waals surface area contributed by atoms with Crippen LogP contribution in [0.3, 0.4) is 0 Å². The van der Waals surface area contributed by atoms with Gasteiger partial charge in [-0.3, -0.25) is 9.36 Å². The molecule has 5 nitrogen and oxygen atoms in total. The van der Waals surface area contributed by atoms with Crippen LogP contribution in [0.2, 0.25) is 0 Å². The SMILES string of the molecule is COP(=O)(CC(=O)C#CCC/C(C)=C\CC(C)(C)C=O)OC. The van der Waals surface area contributed by atoms with E-state index in [4.69, 9.17) is 0 Å². The van der Waals surface area contributed by atoms with Crippen LogP contribution < -0.4 is 0 Å². The van der Waals surface area contributed by atoms with E-state index in [-0.39, 0.29) is 11.6 Å². The molecule has 0 unspecified atom stereocenters. The number of hydrogen-bond donors (Lipinski definition) is 0. The Hall–Kier alpha value is -1.21. The van der Waals surface area contributed by atoms with Crippen LogP contribution >= 0.6 is 7.60 Å². The molecule has 0 N–H and O–H groups in total. The first kappa shape index (κ1) is 20.8. The number of aldehydes is 1. The van der Waals surface area contributed by atoms with Crippen LogP contribution in [-0.4, -0.2) is 32.5 Å². The number of Topliss-reactive ketones (excluding diaryl/α,β-unsaturated/α-hetero) is 1. The second-order valence-electron chi connectivity index (χ2n) is 5.72. The van der Waals surface area contributed by atoms with Crippen molar-refractivity contribution in [3.63, 3.8) is 0 Å². The van der Waals surface area contributed by atoms with Crippen LogP contribution in [0.4, 0.5) is 0 Å². The maximum absolute atomic E-state index is 11.7. The second-order valence-corrected chi connectivity index (χ2v) is 7.99. The third-order valence-electron chi connectivity index (χ3n) is 3.06. The van der Waals surface area contributed by atoms with Crippen LogP contribution in [0, 0.1) is 17.3 Å². The van der Waals surface area contributed by atoms with Crippen LogP contribution in [0.5, 0.6) is 0 Å². The Balaban J connectivity index is 4.32. The zero-order valence-corrected chi connectivity index (χ0v) is 14.9. The zero-order valence-electron chi connectivity index (χ0n) is 14.0. The molecule has 0 aromatic rings. The van der Waals surface area contributed by atoms with Gasteiger partial charge in [0.05, 0.1) is 0 Å². The number of allylic oxidation sites excluding steroid dienone is 2. The van der Waals surface area contributed by atoms with E-state index in [9.17, 15) is 14.2 Å². The molecule has 0 aromatic carbocycles. The zero-order chi connectivity index (χ0) is 17.2. The molecule has 0 aliphatic heterocycles. The fourth-order valence-electron chi connectivity index (χ4n) is 1.43. The average Bonchev–Trinajstić information content (AvgIpc) is 2.49. The van der Waals surface area contributed by atoms with Crippen molar-refractivity contribution in [2.45, 2.75) is 40.0 Å². The fraction of sp³-hybridized carbons (Fsp3) is 0.625. The number of carbonyl (C=O) groups is 2. The molecule has 0 atom stereocenters. The molecule has 0 heterocycles. The number of hydrogen-bond acceptors (Lipinski definition) is 5. The molecule has 0 fully saturated rings. The van der Waals surface area contributed by atoms with E-state index in [0.29, 0.717) is 12.8 Å². The Kier molecular flexibility index (Phi) is 9.20. The summed E-state index contributed by atoms with van der Waals surface area (Å²) in [6.07, 6.45) is 4.55. The highest BCUT2D eigenvalue weighted by Gasteiger charge is 2.24. The summed E-state index contributed by atoms with van der Waals surface area (Å²) in [6, 6.07) is 0. The van der Waals surface area contributed by atoms with E-state index >= 15 is 0 Å². The molecule has 0 spiro atoms. The summed E-state index contributed by atoms with van der Waals surface area (Å²) in [5.74, 6) is 4.73. The number of rotatable bonds is 9. The lowest BCUT2D eigenvalue weighted by Gasteiger charge is -2.13. The molecule has 0 radical (unpaired) electrons. The molecule has 0 bridgehead atoms. The number of ketones is 1. The molecule has 22 heavy (non-hydrogen) atoms. The minimum absolute atomic E-state index is 0.338. The third-order valence-corrected chi connectivity index (χ3v) is 4.85. The predicted octanol–water partition coefficient (Wildman–Crippen LogP) is 3.39. The summed E-state index contributed by atoms with van der Waals surface area (Å²) in [6.45, 7) is 5.73. The lowest BCUT2D eigenvalue weighted by molar-refractivity contribution is -0.114. The van der Waals surface area contributed by atoms with E-state index in [2.05, 4.69) is 20.9 Å². The predicted molar refractivity (Wildman–Crippen MR) is 86.7 cm³/mol. The van der Waals surface area contributed by atoms with Crippen molar-refractivity contribution in [3.05, 3.63) is 11.6 Å². The van der Waals surface area contributed by atoms with Crippen molar-refractivity contribution >= 4 is 19.7 Å². The van der Waals surface area contributed by atoms with E-state index in [1.54, 1.807) is 0 Å². The quantitative estimate of drug-likeness (QED) is 0.213. The Morgan fingerprint density at radius 2 is 1.86 bits per heavy atom. The minimum Gasteiger partial charge on any atom is -0.312 e. The van der Waals surface area contributed by atoms with Crippen LogP contribution in [0.25, 0.3) is 0 Å². The monoisotopic (exact) mass is 328 g/mol. The van der Waals surface area contributed by atoms with E-state index < -0.39 is 13.4 Å². The lowest BCUT2D eigenvalue weighted by atomic mass is 9.90. The maximum atomic E-state index is 11.7. The Morgan fingerprint density at radius 3 is 2.36 bits per heavy atom. The van der Waals surface area contributed by atoms with Gasteiger partial charge in [0.15, 0.2) is 0 Å². The highest BCUT2D eigenvalue weighted by atomic mass is 31.2. The van der Waals surface area contributed by atoms with Gasteiger partial charge in [-0.15, -0.1) is 0 Å². The van der Waals surface area contributed by atoms with Gasteiger partial charge in [-0.25, -0.2) is 0 Å². The van der Waals surface area contributed by atoms with Gasteiger partial charge in [0.25, 0.3) is 0 Å². The summed E-state index contributed by atoms with van der Waals surface area (Å²) < 4.78 is 21.1. The van der Waals surface area contributed by atoms with Gasteiger partial charge < -0.3 is 13.8 Å². The third kappa shape index (κ3) is 8.94. The van der Waals surface area contributed by atoms with Crippen LogP contribution in [0.15, 0.2) is 11.6 Å². The average molecular weight is 328 g/mol. The molecule has 0 saturated heterocycles. The van der Waals surface area contributed by atoms with Gasteiger partial charge in [-0.2, -0.15) is 0 Å². The highest BCUT2D eigenvalue weighted by molar-refractivity contribution is 7.54. The molecule has 6 heteroatoms. The van der Waals surface area contributed by atoms with Gasteiger partial charge >= 0.3 is 7.60 Å². The highest BCUT2D eigenvalue weighted by Crippen LogP contribution is 2.45. The standard InChI is InChI=1S/C16H25O5P/c1-14(10-11-16(2,3)13-17)8-6-7-9-15(18)12-22(19,20-4)21-5/h10,13H,6,8,11-12H2,1-5H3/b14-10-. The summed E-state index contributed by atoms with van der Waals surface area (Å²) in [5, 5.41) is 0. The van der Waals surface area contributed by atoms with Gasteiger partial charge in [-0.1, -0.05) is 31.4 Å². The first-order valence-corrected chi connectivity index (χ1v) is 8.75. The lowest BCUT2D eigenvalue weighted by Crippen LogP contribution is -2.11. The van der Waals surface area contributed by atoms with E-state index in [1.807, 2.05) is 26.8 Å². The molecule has 124 valence electrons. The van der Waals surface area contributed by atoms with Crippen molar-refractivity contribution in [1.82, 2.24) is 0 Å². The van der Waals surface area contributed by atoms with Crippen molar-refractivity contribution in [2.24, 2.45) is 5.41 Å². The molecular formula is C16H25O5P. The van der Waals surface area contributed by atoms with Gasteiger partial charge in [0, 0.05) is 26.1 Å². The Labute approximate surface area is 133 Å². The molecule has 0 aliphatic carbocycles. The Bertz CT molecular complexity index is 514. The van der Waals surface area contributed by atoms with Gasteiger partial charge in [0.2, 0.25) is 5.78 Å². The summed E-state index contributed by atoms with van der Waals surface area (Å²) in [7, 11) is -0.862. The normalized spacial score (nSPS) is 12.5. The Morgan fingerprint density at radius 1 is 1.27 bits per heavy atom. The van der Waals surface area contributed by atoms with Crippen molar-refractivity contribution in [1.29, 1.82) is 0 Å². The van der Waals surface area contributed by atoms with E-state index in [1.165, 1.54) is 14.2 Å². The molecule has 0 aromatic heterocycles. The molecule has 0 rings (SSSR count). The first-order chi connectivity index (χ1) is 10.2. The molecule has 0 saturated carbocycles. The number of carbonyl (C=O) groups excluding carboxylic acids is 2. The minimum atomic E-state index is -3.33. The topological polar surface area (TPSA) is 69.7 Å². The van der Waals surface area contributed by atoms with Gasteiger partial charge in [-0.05, 0) is 25.7 Å². The van der Waals surface area contributed by atoms with Crippen molar-refractivity contribution in [3.8, 4) is 11.8 Å². The maximum Gasteiger partial charge on any atom is 0.338 e. The molecular weight excluding hydrogens is 303 g/mol. The molecule has 0 aliphatic rings. The second kappa shape index (κ2) is 9.74. The van der Waals surface area contributed by atoms with Crippen molar-refractivity contribution in [2.75, 3.05) is 20.4 Å². The van der Waals surface area contributed by atoms with Crippen molar-refractivity contribution < 1.29 is 23.2 Å². The smallest absolute Gasteiger partial charge is 0.312 e. The van der Waals surface area contributed by atoms with Gasteiger partial charge in [0.1, 0.15) is 12.4 Å². The summed E-state index contributed by atoms with van der Waals surface area (Å²) >= 11 is 0. The van der Waals surface area contributed by atoms with Crippen LogP contribution in [0.1, 0.15) is 40.0 Å². The summed E-state index contributed by atoms with van der Waals surface area (Å²) in [5.41, 5.74) is 0.765. The van der Waals surface area contributed by atoms with Crippen LogP contribution in [-0.2, 0) is 23.2 Å².